The molecule has 30 heteroatoms. The van der Waals surface area contributed by atoms with Crippen LogP contribution in [0.2, 0.25) is 0 Å². The first-order valence-corrected chi connectivity index (χ1v) is 27.5. The third-order valence-electron chi connectivity index (χ3n) is 12.3. The van der Waals surface area contributed by atoms with Crippen molar-refractivity contribution < 1.29 is 72.9 Å². The highest BCUT2D eigenvalue weighted by atomic mass is 32.2. The van der Waals surface area contributed by atoms with Crippen LogP contribution in [0, 0.1) is 5.92 Å². The van der Waals surface area contributed by atoms with Crippen molar-refractivity contribution in [2.75, 3.05) is 17.8 Å². The molecule has 0 saturated carbocycles. The zero-order chi connectivity index (χ0) is 60.7. The number of carboxylic acid groups (broad SMARTS) is 1. The van der Waals surface area contributed by atoms with Gasteiger partial charge in [-0.2, -0.15) is 24.4 Å². The number of fused-ring (bicyclic) bond motifs is 1. The standard InChI is InChI=1S/C51H73N13O15S2/c1-24(2)17-38(51(78)79)63-48(75)37(21-41(55)69)60-45(72)33(15-16-81-4)58-44(71)32(13-14-39(53)67)57-47(74)36(20-40(54)68)61-46(73)35(19-27-22-56-31-8-6-5-7-29(27)31)62-50(77)42(25(3)65)64-49(76)34(59-43(70)30(52)23-80)18-26-9-11-28(66)12-10-26/h5-12,22,24-25,30,32-38,42,56,65-66,80H,13-21,23,52H2,1-4H3,(H2,53,67)(H2,54,68)(H2,55,69)(H,57,74)(H,58,71)(H,59,70)(H,60,72)(H,61,73)(H,62,77)(H,63,75)(H,64,76)(H,78,79). The normalized spacial score (nSPS) is 14.9. The quantitative estimate of drug-likeness (QED) is 0.0250. The number of benzene rings is 2. The Morgan fingerprint density at radius 3 is 1.57 bits per heavy atom. The van der Waals surface area contributed by atoms with Gasteiger partial charge in [-0.25, -0.2) is 4.79 Å². The second-order valence-corrected chi connectivity index (χ2v) is 20.8. The summed E-state index contributed by atoms with van der Waals surface area (Å²) in [6, 6.07) is -1.87. The Kier molecular flexibility index (Phi) is 27.4. The van der Waals surface area contributed by atoms with E-state index >= 15 is 0 Å². The molecule has 444 valence electrons. The topological polar surface area (TPSA) is 482 Å². The molecular formula is C51H73N13O15S2. The SMILES string of the molecule is CSCCC(NC(=O)C(CCC(N)=O)NC(=O)C(CC(N)=O)NC(=O)C(Cc1c[nH]c2ccccc12)NC(=O)C(NC(=O)C(Cc1ccc(O)cc1)NC(=O)C(N)CS)C(C)O)C(=O)NC(CC(N)=O)C(=O)NC(CC(C)C)C(=O)O. The number of phenolic OH excluding ortho intramolecular Hbond substituents is 1. The minimum atomic E-state index is -1.92. The van der Waals surface area contributed by atoms with Crippen molar-refractivity contribution in [2.24, 2.45) is 28.9 Å². The summed E-state index contributed by atoms with van der Waals surface area (Å²) < 4.78 is 0. The second-order valence-electron chi connectivity index (χ2n) is 19.5. The molecule has 0 aliphatic carbocycles. The summed E-state index contributed by atoms with van der Waals surface area (Å²) in [5.74, 6) is -13.2. The number of nitrogens with two attached hydrogens (primary N) is 4. The van der Waals surface area contributed by atoms with E-state index in [1.165, 1.54) is 42.2 Å². The molecule has 0 aliphatic heterocycles. The van der Waals surface area contributed by atoms with E-state index in [-0.39, 0.29) is 48.9 Å². The van der Waals surface area contributed by atoms with Crippen molar-refractivity contribution >= 4 is 106 Å². The summed E-state index contributed by atoms with van der Waals surface area (Å²) >= 11 is 5.28. The number of primary amides is 3. The molecule has 10 unspecified atom stereocenters. The number of hydrogen-bond donors (Lipinski definition) is 17. The van der Waals surface area contributed by atoms with Crippen LogP contribution >= 0.6 is 24.4 Å². The van der Waals surface area contributed by atoms with E-state index in [0.29, 0.717) is 22.0 Å². The van der Waals surface area contributed by atoms with Crippen molar-refractivity contribution in [3.63, 3.8) is 0 Å². The van der Waals surface area contributed by atoms with Crippen LogP contribution in [-0.2, 0) is 70.4 Å². The molecule has 1 aromatic heterocycles. The number of phenols is 1. The number of aliphatic hydroxyl groups is 1. The number of nitrogens with one attached hydrogen (secondary N) is 9. The lowest BCUT2D eigenvalue weighted by Gasteiger charge is -2.28. The summed E-state index contributed by atoms with van der Waals surface area (Å²) in [4.78, 5) is 163. The first-order chi connectivity index (χ1) is 38.1. The van der Waals surface area contributed by atoms with Gasteiger partial charge in [0.2, 0.25) is 65.0 Å². The number of thioether (sulfide) groups is 1. The van der Waals surface area contributed by atoms with Crippen molar-refractivity contribution in [1.82, 2.24) is 47.5 Å². The molecule has 0 aliphatic rings. The second kappa shape index (κ2) is 33.0. The number of carbonyl (C=O) groups is 12. The van der Waals surface area contributed by atoms with Crippen LogP contribution in [0.3, 0.4) is 0 Å². The Bertz CT molecular complexity index is 2730. The van der Waals surface area contributed by atoms with E-state index < -0.39 is 157 Å². The van der Waals surface area contributed by atoms with Crippen LogP contribution in [0.5, 0.6) is 5.75 Å². The number of rotatable bonds is 35. The average Bonchev–Trinajstić information content (AvgIpc) is 3.83. The maximum atomic E-state index is 14.5. The van der Waals surface area contributed by atoms with E-state index in [1.807, 2.05) is 0 Å². The van der Waals surface area contributed by atoms with Gasteiger partial charge < -0.3 is 85.8 Å². The van der Waals surface area contributed by atoms with Crippen LogP contribution in [-0.4, -0.2) is 169 Å². The lowest BCUT2D eigenvalue weighted by Crippen LogP contribution is -2.62. The highest BCUT2D eigenvalue weighted by Gasteiger charge is 2.37. The zero-order valence-corrected chi connectivity index (χ0v) is 46.7. The Morgan fingerprint density at radius 1 is 0.593 bits per heavy atom. The largest absolute Gasteiger partial charge is 0.508 e. The summed E-state index contributed by atoms with van der Waals surface area (Å²) in [6.07, 6.45) is -1.87. The fraction of sp³-hybridized carbons (Fsp3) is 0.490. The molecule has 0 saturated heterocycles. The van der Waals surface area contributed by atoms with Gasteiger partial charge >= 0.3 is 5.97 Å². The maximum absolute atomic E-state index is 14.5. The van der Waals surface area contributed by atoms with Crippen molar-refractivity contribution in [3.8, 4) is 5.75 Å². The number of aromatic hydroxyl groups is 1. The smallest absolute Gasteiger partial charge is 0.326 e. The summed E-state index contributed by atoms with van der Waals surface area (Å²) in [5.41, 5.74) is 23.7. The molecular weight excluding hydrogens is 1100 g/mol. The Balaban J connectivity index is 1.98. The zero-order valence-electron chi connectivity index (χ0n) is 45.0. The Labute approximate surface area is 475 Å². The molecule has 11 amide bonds. The number of hydrogen-bond acceptors (Lipinski definition) is 17. The summed E-state index contributed by atoms with van der Waals surface area (Å²) in [5, 5.41) is 50.2. The number of para-hydroxylation sites is 1. The number of amides is 11. The van der Waals surface area contributed by atoms with Crippen LogP contribution < -0.4 is 65.5 Å². The molecule has 1 heterocycles. The van der Waals surface area contributed by atoms with Gasteiger partial charge in [-0.05, 0) is 73.4 Å². The Morgan fingerprint density at radius 2 is 1.06 bits per heavy atom. The molecule has 3 rings (SSSR count). The number of carboxylic acids is 1. The number of aromatic amines is 1. The van der Waals surface area contributed by atoms with Gasteiger partial charge in [-0.3, -0.25) is 52.7 Å². The number of carbonyl (C=O) groups excluding carboxylic acids is 11. The number of aliphatic carboxylic acids is 1. The molecule has 0 spiro atoms. The fourth-order valence-corrected chi connectivity index (χ4v) is 8.66. The van der Waals surface area contributed by atoms with Gasteiger partial charge in [0.25, 0.3) is 0 Å². The van der Waals surface area contributed by atoms with E-state index in [2.05, 4.69) is 60.1 Å². The first-order valence-electron chi connectivity index (χ1n) is 25.5. The molecule has 0 radical (unpaired) electrons. The van der Waals surface area contributed by atoms with Gasteiger partial charge in [0.1, 0.15) is 54.1 Å². The predicted octanol–water partition coefficient (Wildman–Crippen LogP) is -3.92. The summed E-state index contributed by atoms with van der Waals surface area (Å²) in [6.45, 7) is 4.57. The fourth-order valence-electron chi connectivity index (χ4n) is 8.02. The lowest BCUT2D eigenvalue weighted by atomic mass is 10.0. The van der Waals surface area contributed by atoms with Gasteiger partial charge in [0, 0.05) is 42.1 Å². The maximum Gasteiger partial charge on any atom is 0.326 e. The summed E-state index contributed by atoms with van der Waals surface area (Å²) in [7, 11) is 0. The molecule has 20 N–H and O–H groups in total. The lowest BCUT2D eigenvalue weighted by molar-refractivity contribution is -0.143. The highest BCUT2D eigenvalue weighted by Crippen LogP contribution is 2.20. The third-order valence-corrected chi connectivity index (χ3v) is 13.3. The van der Waals surface area contributed by atoms with E-state index in [4.69, 9.17) is 22.9 Å². The molecule has 3 aromatic rings. The Hall–Kier alpha value is -7.96. The van der Waals surface area contributed by atoms with Crippen LogP contribution in [0.25, 0.3) is 10.9 Å². The number of H-pyrrole nitrogens is 1. The third kappa shape index (κ3) is 22.6. The molecule has 28 nitrogen and oxygen atoms in total. The van der Waals surface area contributed by atoms with Crippen LogP contribution in [0.1, 0.15) is 70.4 Å². The minimum absolute atomic E-state index is 0.00946. The van der Waals surface area contributed by atoms with Gasteiger partial charge in [0.05, 0.1) is 25.0 Å². The van der Waals surface area contributed by atoms with Crippen molar-refractivity contribution in [1.29, 1.82) is 0 Å². The number of aliphatic hydroxyl groups excluding tert-OH is 1. The molecule has 81 heavy (non-hydrogen) atoms. The predicted molar refractivity (Wildman–Crippen MR) is 299 cm³/mol. The number of thiol groups is 1. The van der Waals surface area contributed by atoms with Crippen LogP contribution in [0.15, 0.2) is 54.7 Å². The van der Waals surface area contributed by atoms with Crippen molar-refractivity contribution in [2.45, 2.75) is 133 Å². The van der Waals surface area contributed by atoms with Gasteiger partial charge in [0.15, 0.2) is 0 Å². The average molecular weight is 1170 g/mol. The molecule has 0 fully saturated rings. The van der Waals surface area contributed by atoms with E-state index in [1.54, 1.807) is 44.4 Å². The number of aromatic nitrogens is 1. The van der Waals surface area contributed by atoms with Crippen molar-refractivity contribution in [3.05, 3.63) is 65.9 Å². The van der Waals surface area contributed by atoms with Gasteiger partial charge in [-0.1, -0.05) is 44.2 Å². The first kappa shape index (κ1) is 67.3. The highest BCUT2D eigenvalue weighted by molar-refractivity contribution is 7.98. The van der Waals surface area contributed by atoms with Gasteiger partial charge in [-0.15, -0.1) is 0 Å². The van der Waals surface area contributed by atoms with E-state index in [0.717, 1.165) is 6.92 Å². The van der Waals surface area contributed by atoms with Crippen LogP contribution in [0.4, 0.5) is 0 Å². The molecule has 0 bridgehead atoms. The minimum Gasteiger partial charge on any atom is -0.508 e. The van der Waals surface area contributed by atoms with E-state index in [9.17, 15) is 72.9 Å². The monoisotopic (exact) mass is 1170 g/mol. The molecule has 2 aromatic carbocycles. The molecule has 10 atom stereocenters.